The molecule has 5 nitrogen and oxygen atoms in total. The van der Waals surface area contributed by atoms with Crippen molar-refractivity contribution < 1.29 is 19.0 Å². The van der Waals surface area contributed by atoms with Gasteiger partial charge in [0.05, 0.1) is 24.4 Å². The normalized spacial score (nSPS) is 11.0. The minimum atomic E-state index is -0.422. The zero-order chi connectivity index (χ0) is 17.6. The van der Waals surface area contributed by atoms with Gasteiger partial charge in [-0.15, -0.1) is 11.3 Å². The van der Waals surface area contributed by atoms with E-state index in [0.717, 1.165) is 20.8 Å². The van der Waals surface area contributed by atoms with Crippen LogP contribution in [0.1, 0.15) is 10.6 Å². The van der Waals surface area contributed by atoms with Crippen LogP contribution in [0.2, 0.25) is 0 Å². The van der Waals surface area contributed by atoms with Crippen LogP contribution in [0, 0.1) is 0 Å². The highest BCUT2D eigenvalue weighted by atomic mass is 32.1. The zero-order valence-electron chi connectivity index (χ0n) is 13.9. The third kappa shape index (κ3) is 4.16. The van der Waals surface area contributed by atoms with Crippen molar-refractivity contribution in [1.82, 2.24) is 4.98 Å². The summed E-state index contributed by atoms with van der Waals surface area (Å²) in [6, 6.07) is 13.2. The predicted molar refractivity (Wildman–Crippen MR) is 98.0 cm³/mol. The molecule has 25 heavy (non-hydrogen) atoms. The molecule has 0 saturated carbocycles. The molecule has 0 aliphatic rings. The second kappa shape index (κ2) is 7.81. The average Bonchev–Trinajstić information content (AvgIpc) is 3.07. The first-order valence-electron chi connectivity index (χ1n) is 7.61. The predicted octanol–water partition coefficient (Wildman–Crippen LogP) is 4.07. The van der Waals surface area contributed by atoms with E-state index in [2.05, 4.69) is 4.98 Å². The van der Waals surface area contributed by atoms with Gasteiger partial charge in [-0.3, -0.25) is 0 Å². The highest BCUT2D eigenvalue weighted by Gasteiger charge is 2.06. The average molecular weight is 355 g/mol. The molecule has 2 aromatic carbocycles. The van der Waals surface area contributed by atoms with Crippen LogP contribution in [0.3, 0.4) is 0 Å². The number of methoxy groups -OCH3 is 2. The third-order valence-corrected chi connectivity index (χ3v) is 4.51. The van der Waals surface area contributed by atoms with Crippen molar-refractivity contribution in [3.63, 3.8) is 0 Å². The maximum atomic E-state index is 11.9. The van der Waals surface area contributed by atoms with Gasteiger partial charge in [0.1, 0.15) is 11.6 Å². The SMILES string of the molecule is COc1ccc(/C=C/C(=O)OCc2nc3ccccc3s2)cc1OC. The molecule has 0 radical (unpaired) electrons. The number of hydrogen-bond donors (Lipinski definition) is 0. The van der Waals surface area contributed by atoms with Gasteiger partial charge < -0.3 is 14.2 Å². The number of fused-ring (bicyclic) bond motifs is 1. The van der Waals surface area contributed by atoms with Gasteiger partial charge in [-0.05, 0) is 35.9 Å². The molecule has 0 spiro atoms. The number of ether oxygens (including phenoxy) is 3. The first-order valence-corrected chi connectivity index (χ1v) is 8.42. The van der Waals surface area contributed by atoms with Crippen molar-refractivity contribution in [2.45, 2.75) is 6.61 Å². The number of benzene rings is 2. The second-order valence-electron chi connectivity index (χ2n) is 5.13. The Balaban J connectivity index is 1.61. The van der Waals surface area contributed by atoms with Crippen LogP contribution in [-0.4, -0.2) is 25.2 Å². The lowest BCUT2D eigenvalue weighted by atomic mass is 10.2. The molecule has 0 N–H and O–H groups in total. The van der Waals surface area contributed by atoms with E-state index in [4.69, 9.17) is 14.2 Å². The van der Waals surface area contributed by atoms with E-state index in [1.165, 1.54) is 17.4 Å². The number of rotatable bonds is 6. The van der Waals surface area contributed by atoms with Gasteiger partial charge in [0.25, 0.3) is 0 Å². The maximum absolute atomic E-state index is 11.9. The molecule has 128 valence electrons. The summed E-state index contributed by atoms with van der Waals surface area (Å²) in [5, 5.41) is 0.772. The highest BCUT2D eigenvalue weighted by molar-refractivity contribution is 7.18. The smallest absolute Gasteiger partial charge is 0.331 e. The van der Waals surface area contributed by atoms with Crippen LogP contribution >= 0.6 is 11.3 Å². The van der Waals surface area contributed by atoms with Gasteiger partial charge in [0, 0.05) is 6.08 Å². The number of carbonyl (C=O) groups excluding carboxylic acids is 1. The largest absolute Gasteiger partial charge is 0.493 e. The number of thiazole rings is 1. The van der Waals surface area contributed by atoms with E-state index in [-0.39, 0.29) is 6.61 Å². The van der Waals surface area contributed by atoms with Crippen LogP contribution in [0.5, 0.6) is 11.5 Å². The fraction of sp³-hybridized carbons (Fsp3) is 0.158. The van der Waals surface area contributed by atoms with Gasteiger partial charge >= 0.3 is 5.97 Å². The first kappa shape index (κ1) is 17.0. The van der Waals surface area contributed by atoms with Crippen molar-refractivity contribution in [2.24, 2.45) is 0 Å². The highest BCUT2D eigenvalue weighted by Crippen LogP contribution is 2.28. The molecule has 0 unspecified atom stereocenters. The summed E-state index contributed by atoms with van der Waals surface area (Å²) >= 11 is 1.52. The summed E-state index contributed by atoms with van der Waals surface area (Å²) < 4.78 is 16.7. The Labute approximate surface area is 149 Å². The van der Waals surface area contributed by atoms with Crippen LogP contribution in [-0.2, 0) is 16.1 Å². The summed E-state index contributed by atoms with van der Waals surface area (Å²) in [6.07, 6.45) is 3.05. The summed E-state index contributed by atoms with van der Waals surface area (Å²) in [6.45, 7) is 0.161. The monoisotopic (exact) mass is 355 g/mol. The van der Waals surface area contributed by atoms with Gasteiger partial charge in [-0.1, -0.05) is 18.2 Å². The molecule has 6 heteroatoms. The molecule has 1 aromatic heterocycles. The molecule has 0 fully saturated rings. The van der Waals surface area contributed by atoms with Crippen LogP contribution in [0.4, 0.5) is 0 Å². The van der Waals surface area contributed by atoms with Gasteiger partial charge in [-0.25, -0.2) is 9.78 Å². The Hall–Kier alpha value is -2.86. The van der Waals surface area contributed by atoms with E-state index in [9.17, 15) is 4.79 Å². The summed E-state index contributed by atoms with van der Waals surface area (Å²) in [4.78, 5) is 16.3. The molecule has 0 atom stereocenters. The Kier molecular flexibility index (Phi) is 5.30. The molecular formula is C19H17NO4S. The number of aromatic nitrogens is 1. The van der Waals surface area contributed by atoms with Crippen molar-refractivity contribution in [3.05, 3.63) is 59.1 Å². The van der Waals surface area contributed by atoms with E-state index in [1.54, 1.807) is 32.4 Å². The molecule has 0 saturated heterocycles. The summed E-state index contributed by atoms with van der Waals surface area (Å²) in [5.41, 5.74) is 1.73. The third-order valence-electron chi connectivity index (χ3n) is 3.50. The summed E-state index contributed by atoms with van der Waals surface area (Å²) in [5.74, 6) is 0.819. The Morgan fingerprint density at radius 1 is 1.12 bits per heavy atom. The number of hydrogen-bond acceptors (Lipinski definition) is 6. The van der Waals surface area contributed by atoms with Crippen LogP contribution in [0.25, 0.3) is 16.3 Å². The molecular weight excluding hydrogens is 338 g/mol. The molecule has 0 amide bonds. The summed E-state index contributed by atoms with van der Waals surface area (Å²) in [7, 11) is 3.14. The fourth-order valence-corrected chi connectivity index (χ4v) is 3.16. The molecule has 0 bridgehead atoms. The molecule has 3 rings (SSSR count). The van der Waals surface area contributed by atoms with Gasteiger partial charge in [-0.2, -0.15) is 0 Å². The van der Waals surface area contributed by atoms with Crippen molar-refractivity contribution in [1.29, 1.82) is 0 Å². The van der Waals surface area contributed by atoms with E-state index < -0.39 is 5.97 Å². The van der Waals surface area contributed by atoms with E-state index in [1.807, 2.05) is 30.3 Å². The Bertz CT molecular complexity index is 884. The minimum absolute atomic E-state index is 0.161. The number of nitrogens with zero attached hydrogens (tertiary/aromatic N) is 1. The van der Waals surface area contributed by atoms with Gasteiger partial charge in [0.15, 0.2) is 11.5 Å². The first-order chi connectivity index (χ1) is 12.2. The molecule has 3 aromatic rings. The Morgan fingerprint density at radius 2 is 1.92 bits per heavy atom. The molecule has 0 aliphatic carbocycles. The second-order valence-corrected chi connectivity index (χ2v) is 6.25. The molecule has 0 aliphatic heterocycles. The number of carbonyl (C=O) groups is 1. The maximum Gasteiger partial charge on any atom is 0.331 e. The van der Waals surface area contributed by atoms with Crippen molar-refractivity contribution in [3.8, 4) is 11.5 Å². The fourth-order valence-electron chi connectivity index (χ4n) is 2.28. The van der Waals surface area contributed by atoms with Crippen molar-refractivity contribution in [2.75, 3.05) is 14.2 Å². The molecule has 1 heterocycles. The Morgan fingerprint density at radius 3 is 2.68 bits per heavy atom. The lowest BCUT2D eigenvalue weighted by molar-refractivity contribution is -0.138. The lowest BCUT2D eigenvalue weighted by Gasteiger charge is -2.07. The number of para-hydroxylation sites is 1. The minimum Gasteiger partial charge on any atom is -0.493 e. The van der Waals surface area contributed by atoms with Gasteiger partial charge in [0.2, 0.25) is 0 Å². The zero-order valence-corrected chi connectivity index (χ0v) is 14.7. The van der Waals surface area contributed by atoms with Crippen LogP contribution < -0.4 is 9.47 Å². The van der Waals surface area contributed by atoms with E-state index in [0.29, 0.717) is 11.5 Å². The lowest BCUT2D eigenvalue weighted by Crippen LogP contribution is -2.00. The van der Waals surface area contributed by atoms with Crippen LogP contribution in [0.15, 0.2) is 48.5 Å². The van der Waals surface area contributed by atoms with Crippen molar-refractivity contribution >= 4 is 33.6 Å². The van der Waals surface area contributed by atoms with E-state index >= 15 is 0 Å². The quantitative estimate of drug-likeness (QED) is 0.493. The topological polar surface area (TPSA) is 57.7 Å². The standard InChI is InChI=1S/C19H17NO4S/c1-22-15-9-7-13(11-16(15)23-2)8-10-19(21)24-12-18-20-14-5-3-4-6-17(14)25-18/h3-11H,12H2,1-2H3/b10-8+. The number of esters is 1.